The zero-order valence-corrected chi connectivity index (χ0v) is 11.9. The first kappa shape index (κ1) is 13.9. The molecule has 0 amide bonds. The lowest BCUT2D eigenvalue weighted by molar-refractivity contribution is -0.419. The summed E-state index contributed by atoms with van der Waals surface area (Å²) in [6.07, 6.45) is 6.85. The van der Waals surface area contributed by atoms with Crippen LogP contribution in [-0.2, 0) is 0 Å². The average Bonchev–Trinajstić information content (AvgIpc) is 2.73. The van der Waals surface area contributed by atoms with E-state index in [1.807, 2.05) is 6.07 Å². The fourth-order valence-corrected chi connectivity index (χ4v) is 2.45. The van der Waals surface area contributed by atoms with Crippen LogP contribution in [0.2, 0.25) is 0 Å². The number of benzene rings is 1. The Morgan fingerprint density at radius 2 is 2.09 bits per heavy atom. The summed E-state index contributed by atoms with van der Waals surface area (Å²) in [4.78, 5) is 27.7. The van der Waals surface area contributed by atoms with Gasteiger partial charge in [0.05, 0.1) is 21.5 Å². The number of allylic oxidation sites excluding steroid dienone is 5. The predicted molar refractivity (Wildman–Crippen MR) is 83.8 cm³/mol. The molecule has 0 saturated carbocycles. The summed E-state index contributed by atoms with van der Waals surface area (Å²) in [5.41, 5.74) is 0.800. The molecule has 1 aliphatic rings. The van der Waals surface area contributed by atoms with Crippen molar-refractivity contribution >= 4 is 16.6 Å². The Morgan fingerprint density at radius 1 is 1.32 bits per heavy atom. The van der Waals surface area contributed by atoms with Crippen molar-refractivity contribution in [1.82, 2.24) is 9.55 Å². The zero-order valence-electron chi connectivity index (χ0n) is 11.9. The van der Waals surface area contributed by atoms with Crippen LogP contribution in [0.5, 0.6) is 0 Å². The molecule has 22 heavy (non-hydrogen) atoms. The normalized spacial score (nSPS) is 14.4. The van der Waals surface area contributed by atoms with Gasteiger partial charge in [0.2, 0.25) is 0 Å². The molecule has 1 aliphatic carbocycles. The van der Waals surface area contributed by atoms with Crippen molar-refractivity contribution in [3.63, 3.8) is 0 Å². The van der Waals surface area contributed by atoms with Crippen LogP contribution in [0.4, 0.5) is 0 Å². The summed E-state index contributed by atoms with van der Waals surface area (Å²) >= 11 is 0. The monoisotopic (exact) mass is 295 g/mol. The summed E-state index contributed by atoms with van der Waals surface area (Å²) in [7, 11) is 0. The molecule has 0 N–H and O–H groups in total. The van der Waals surface area contributed by atoms with E-state index >= 15 is 0 Å². The summed E-state index contributed by atoms with van der Waals surface area (Å²) in [5.74, 6) is 0.490. The van der Waals surface area contributed by atoms with E-state index in [4.69, 9.17) is 0 Å². The molecule has 0 aliphatic heterocycles. The number of nitrogens with zero attached hydrogens (tertiary/aromatic N) is 3. The lowest BCUT2D eigenvalue weighted by atomic mass is 10.2. The molecule has 0 atom stereocenters. The summed E-state index contributed by atoms with van der Waals surface area (Å²) < 4.78 is 1.40. The third kappa shape index (κ3) is 2.35. The van der Waals surface area contributed by atoms with Gasteiger partial charge in [-0.15, -0.1) is 0 Å². The third-order valence-corrected chi connectivity index (χ3v) is 3.46. The Bertz CT molecular complexity index is 920. The molecule has 0 bridgehead atoms. The largest absolute Gasteiger partial charge is 0.268 e. The van der Waals surface area contributed by atoms with Crippen LogP contribution in [-0.4, -0.2) is 14.5 Å². The molecule has 1 aromatic carbocycles. The number of aromatic nitrogens is 2. The number of hydrogen-bond acceptors (Lipinski definition) is 4. The molecule has 0 spiro atoms. The van der Waals surface area contributed by atoms with Gasteiger partial charge in [0.25, 0.3) is 11.3 Å². The van der Waals surface area contributed by atoms with Gasteiger partial charge in [-0.05, 0) is 37.6 Å². The van der Waals surface area contributed by atoms with E-state index in [1.165, 1.54) is 16.7 Å². The first-order chi connectivity index (χ1) is 10.6. The van der Waals surface area contributed by atoms with E-state index in [0.717, 1.165) is 0 Å². The van der Waals surface area contributed by atoms with Gasteiger partial charge in [0, 0.05) is 6.08 Å². The number of aryl methyl sites for hydroxylation is 1. The lowest BCUT2D eigenvalue weighted by Gasteiger charge is -2.11. The number of hydrogen-bond donors (Lipinski definition) is 0. The van der Waals surface area contributed by atoms with Crippen molar-refractivity contribution in [1.29, 1.82) is 0 Å². The van der Waals surface area contributed by atoms with E-state index in [-0.39, 0.29) is 11.3 Å². The van der Waals surface area contributed by atoms with Crippen molar-refractivity contribution in [2.45, 2.75) is 13.3 Å². The van der Waals surface area contributed by atoms with Gasteiger partial charge in [-0.3, -0.25) is 19.5 Å². The van der Waals surface area contributed by atoms with Gasteiger partial charge >= 0.3 is 0 Å². The number of fused-ring (bicyclic) bond motifs is 1. The van der Waals surface area contributed by atoms with Gasteiger partial charge in [0.1, 0.15) is 5.82 Å². The summed E-state index contributed by atoms with van der Waals surface area (Å²) in [6.45, 7) is 1.71. The number of nitro groups is 1. The van der Waals surface area contributed by atoms with Gasteiger partial charge in [-0.1, -0.05) is 18.2 Å². The molecule has 0 saturated heterocycles. The molecule has 2 aromatic rings. The predicted octanol–water partition coefficient (Wildman–Crippen LogP) is 2.67. The molecule has 0 radical (unpaired) electrons. The van der Waals surface area contributed by atoms with Gasteiger partial charge in [-0.2, -0.15) is 0 Å². The van der Waals surface area contributed by atoms with E-state index in [9.17, 15) is 14.9 Å². The van der Waals surface area contributed by atoms with E-state index in [2.05, 4.69) is 4.98 Å². The highest BCUT2D eigenvalue weighted by molar-refractivity contribution is 5.79. The molecule has 6 nitrogen and oxygen atoms in total. The number of rotatable bonds is 2. The topological polar surface area (TPSA) is 78.0 Å². The van der Waals surface area contributed by atoms with Gasteiger partial charge in [0.15, 0.2) is 0 Å². The molecular formula is C16H13N3O3. The number of para-hydroxylation sites is 1. The minimum absolute atomic E-state index is 0.0283. The highest BCUT2D eigenvalue weighted by Gasteiger charge is 2.15. The Labute approximate surface area is 125 Å². The first-order valence-corrected chi connectivity index (χ1v) is 6.79. The van der Waals surface area contributed by atoms with Crippen molar-refractivity contribution in [2.75, 3.05) is 0 Å². The van der Waals surface area contributed by atoms with Crippen molar-refractivity contribution < 1.29 is 4.92 Å². The van der Waals surface area contributed by atoms with Crippen LogP contribution < -0.4 is 5.56 Å². The van der Waals surface area contributed by atoms with Crippen LogP contribution in [0.3, 0.4) is 0 Å². The second-order valence-electron chi connectivity index (χ2n) is 4.91. The smallest absolute Gasteiger partial charge is 0.267 e. The minimum Gasteiger partial charge on any atom is -0.268 e. The highest BCUT2D eigenvalue weighted by Crippen LogP contribution is 2.17. The van der Waals surface area contributed by atoms with Crippen LogP contribution in [0.1, 0.15) is 12.2 Å². The van der Waals surface area contributed by atoms with E-state index in [0.29, 0.717) is 28.8 Å². The maximum Gasteiger partial charge on any atom is 0.267 e. The maximum atomic E-state index is 12.7. The van der Waals surface area contributed by atoms with Crippen molar-refractivity contribution in [3.8, 4) is 0 Å². The zero-order chi connectivity index (χ0) is 15.7. The Morgan fingerprint density at radius 3 is 2.86 bits per heavy atom. The minimum atomic E-state index is -0.457. The fraction of sp³-hybridized carbons (Fsp3) is 0.125. The van der Waals surface area contributed by atoms with Crippen LogP contribution in [0, 0.1) is 17.0 Å². The molecular weight excluding hydrogens is 282 g/mol. The Balaban J connectivity index is 2.28. The molecule has 1 aromatic heterocycles. The quantitative estimate of drug-likeness (QED) is 0.630. The summed E-state index contributed by atoms with van der Waals surface area (Å²) in [6, 6.07) is 7.06. The van der Waals surface area contributed by atoms with Crippen LogP contribution in [0.25, 0.3) is 16.6 Å². The molecule has 3 rings (SSSR count). The average molecular weight is 295 g/mol. The third-order valence-electron chi connectivity index (χ3n) is 3.46. The van der Waals surface area contributed by atoms with Crippen LogP contribution >= 0.6 is 0 Å². The summed E-state index contributed by atoms with van der Waals surface area (Å²) in [5, 5.41) is 11.5. The molecule has 0 unspecified atom stereocenters. The standard InChI is InChI=1S/C16H13N3O3/c1-11-17-15-9-5-4-8-14(15)16(20)18(11)12-6-2-3-7-13(10-12)19(21)22/h2,4-10H,3H2,1H3. The Kier molecular flexibility index (Phi) is 3.42. The van der Waals surface area contributed by atoms with Crippen LogP contribution in [0.15, 0.2) is 59.1 Å². The second kappa shape index (κ2) is 5.40. The second-order valence-corrected chi connectivity index (χ2v) is 4.91. The SMILES string of the molecule is Cc1nc2ccccc2c(=O)n1C1=CC([N+](=O)[O-])=CCC=C1. The van der Waals surface area contributed by atoms with Gasteiger partial charge in [-0.25, -0.2) is 4.98 Å². The molecule has 6 heteroatoms. The van der Waals surface area contributed by atoms with Crippen molar-refractivity contribution in [3.05, 3.63) is 80.6 Å². The van der Waals surface area contributed by atoms with E-state index in [1.54, 1.807) is 37.3 Å². The lowest BCUT2D eigenvalue weighted by Crippen LogP contribution is -2.23. The highest BCUT2D eigenvalue weighted by atomic mass is 16.6. The molecule has 1 heterocycles. The fourth-order valence-electron chi connectivity index (χ4n) is 2.45. The van der Waals surface area contributed by atoms with Crippen molar-refractivity contribution in [2.24, 2.45) is 0 Å². The van der Waals surface area contributed by atoms with E-state index < -0.39 is 4.92 Å². The maximum absolute atomic E-state index is 12.7. The molecule has 110 valence electrons. The first-order valence-electron chi connectivity index (χ1n) is 6.79. The Hall–Kier alpha value is -3.02. The molecule has 0 fully saturated rings. The van der Waals surface area contributed by atoms with Gasteiger partial charge < -0.3 is 0 Å².